The lowest BCUT2D eigenvalue weighted by Gasteiger charge is -2.13. The minimum Gasteiger partial charge on any atom is -0.469 e. The van der Waals surface area contributed by atoms with Crippen molar-refractivity contribution in [3.8, 4) is 5.19 Å². The predicted molar refractivity (Wildman–Crippen MR) is 80.7 cm³/mol. The second kappa shape index (κ2) is 10.1. The van der Waals surface area contributed by atoms with Gasteiger partial charge in [0.2, 0.25) is 0 Å². The summed E-state index contributed by atoms with van der Waals surface area (Å²) in [4.78, 5) is 0. The average molecular weight is 285 g/mol. The number of nitrogens with one attached hydrogen (secondary N) is 1. The largest absolute Gasteiger partial charge is 0.469 e. The third-order valence-corrected chi connectivity index (χ3v) is 3.97. The molecule has 5 heteroatoms. The quantitative estimate of drug-likeness (QED) is 0.631. The van der Waals surface area contributed by atoms with Gasteiger partial charge in [-0.1, -0.05) is 51.4 Å². The summed E-state index contributed by atoms with van der Waals surface area (Å²) in [6.45, 7) is 9.20. The Morgan fingerprint density at radius 1 is 1.21 bits per heavy atom. The first-order valence-electron chi connectivity index (χ1n) is 7.45. The zero-order chi connectivity index (χ0) is 13.9. The molecule has 0 spiro atoms. The van der Waals surface area contributed by atoms with E-state index < -0.39 is 0 Å². The molecule has 0 bridgehead atoms. The van der Waals surface area contributed by atoms with Crippen LogP contribution in [0.1, 0.15) is 57.9 Å². The fraction of sp³-hybridized carbons (Fsp3) is 0.857. The molecular weight excluding hydrogens is 258 g/mol. The summed E-state index contributed by atoms with van der Waals surface area (Å²) in [5, 5.41) is 13.3. The van der Waals surface area contributed by atoms with E-state index in [4.69, 9.17) is 4.74 Å². The van der Waals surface area contributed by atoms with Gasteiger partial charge in [0.15, 0.2) is 0 Å². The number of hydrogen-bond acceptors (Lipinski definition) is 5. The van der Waals surface area contributed by atoms with E-state index in [1.165, 1.54) is 25.7 Å². The van der Waals surface area contributed by atoms with Crippen LogP contribution in [0.15, 0.2) is 0 Å². The topological polar surface area (TPSA) is 47.0 Å². The van der Waals surface area contributed by atoms with Gasteiger partial charge in [0, 0.05) is 6.54 Å². The molecule has 19 heavy (non-hydrogen) atoms. The third-order valence-electron chi connectivity index (χ3n) is 3.14. The molecule has 1 N–H and O–H groups in total. The van der Waals surface area contributed by atoms with E-state index in [1.54, 1.807) is 11.3 Å². The molecule has 0 fully saturated rings. The lowest BCUT2D eigenvalue weighted by molar-refractivity contribution is 0.231. The summed E-state index contributed by atoms with van der Waals surface area (Å²) in [5.74, 6) is 0.644. The van der Waals surface area contributed by atoms with Gasteiger partial charge in [-0.2, -0.15) is 0 Å². The lowest BCUT2D eigenvalue weighted by atomic mass is 10.0. The summed E-state index contributed by atoms with van der Waals surface area (Å²) >= 11 is 1.55. The molecule has 0 radical (unpaired) electrons. The maximum atomic E-state index is 5.76. The zero-order valence-corrected chi connectivity index (χ0v) is 13.3. The van der Waals surface area contributed by atoms with Crippen LogP contribution in [0.2, 0.25) is 0 Å². The molecule has 1 atom stereocenters. The highest BCUT2D eigenvalue weighted by Gasteiger charge is 2.09. The Bertz CT molecular complexity index is 330. The summed E-state index contributed by atoms with van der Waals surface area (Å²) in [6, 6.07) is 0. The smallest absolute Gasteiger partial charge is 0.294 e. The van der Waals surface area contributed by atoms with Crippen molar-refractivity contribution in [2.75, 3.05) is 13.2 Å². The van der Waals surface area contributed by atoms with Crippen molar-refractivity contribution in [3.63, 3.8) is 0 Å². The molecular formula is C14H27N3OS. The summed E-state index contributed by atoms with van der Waals surface area (Å²) in [5.41, 5.74) is 0. The van der Waals surface area contributed by atoms with Crippen LogP contribution >= 0.6 is 11.3 Å². The summed E-state index contributed by atoms with van der Waals surface area (Å²) in [7, 11) is 0. The minimum absolute atomic E-state index is 0.644. The lowest BCUT2D eigenvalue weighted by Crippen LogP contribution is -2.13. The maximum absolute atomic E-state index is 5.76. The molecule has 0 aliphatic rings. The molecule has 0 amide bonds. The van der Waals surface area contributed by atoms with Gasteiger partial charge in [-0.25, -0.2) is 0 Å². The number of nitrogens with zero attached hydrogens (tertiary/aromatic N) is 2. The first kappa shape index (κ1) is 16.4. The second-order valence-corrected chi connectivity index (χ2v) is 5.89. The van der Waals surface area contributed by atoms with Crippen molar-refractivity contribution < 1.29 is 4.74 Å². The summed E-state index contributed by atoms with van der Waals surface area (Å²) in [6.07, 6.45) is 6.09. The SMILES string of the molecule is CCCCC(CC)COc1nnc(CNCCC)s1. The molecule has 0 aliphatic carbocycles. The Labute approximate surface area is 121 Å². The van der Waals surface area contributed by atoms with E-state index in [1.807, 2.05) is 0 Å². The Morgan fingerprint density at radius 3 is 2.74 bits per heavy atom. The second-order valence-electron chi connectivity index (χ2n) is 4.87. The number of rotatable bonds is 11. The Balaban J connectivity index is 2.28. The average Bonchev–Trinajstić information content (AvgIpc) is 2.87. The van der Waals surface area contributed by atoms with Crippen LogP contribution in [0.5, 0.6) is 5.19 Å². The van der Waals surface area contributed by atoms with Gasteiger partial charge < -0.3 is 10.1 Å². The van der Waals surface area contributed by atoms with Gasteiger partial charge in [-0.05, 0) is 25.3 Å². The molecule has 1 aromatic rings. The summed E-state index contributed by atoms with van der Waals surface area (Å²) < 4.78 is 5.76. The third kappa shape index (κ3) is 6.87. The molecule has 110 valence electrons. The highest BCUT2D eigenvalue weighted by Crippen LogP contribution is 2.20. The van der Waals surface area contributed by atoms with Crippen LogP contribution in [0.4, 0.5) is 0 Å². The van der Waals surface area contributed by atoms with Gasteiger partial charge in [0.05, 0.1) is 6.61 Å². The highest BCUT2D eigenvalue weighted by molar-refractivity contribution is 7.13. The highest BCUT2D eigenvalue weighted by atomic mass is 32.1. The monoisotopic (exact) mass is 285 g/mol. The van der Waals surface area contributed by atoms with Crippen LogP contribution < -0.4 is 10.1 Å². The number of ether oxygens (including phenoxy) is 1. The van der Waals surface area contributed by atoms with Crippen molar-refractivity contribution >= 4 is 11.3 Å². The molecule has 0 aromatic carbocycles. The zero-order valence-electron chi connectivity index (χ0n) is 12.4. The predicted octanol–water partition coefficient (Wildman–Crippen LogP) is 3.63. The molecule has 0 aliphatic heterocycles. The van der Waals surface area contributed by atoms with Crippen molar-refractivity contribution in [2.24, 2.45) is 5.92 Å². The fourth-order valence-corrected chi connectivity index (χ4v) is 2.49. The fourth-order valence-electron chi connectivity index (χ4n) is 1.83. The number of aromatic nitrogens is 2. The number of hydrogen-bond donors (Lipinski definition) is 1. The molecule has 1 rings (SSSR count). The molecule has 4 nitrogen and oxygen atoms in total. The molecule has 1 heterocycles. The van der Waals surface area contributed by atoms with Crippen molar-refractivity contribution in [1.29, 1.82) is 0 Å². The minimum atomic E-state index is 0.644. The standard InChI is InChI=1S/C14H27N3OS/c1-4-7-8-12(6-3)11-18-14-17-16-13(19-14)10-15-9-5-2/h12,15H,4-11H2,1-3H3. The Hall–Kier alpha value is -0.680. The van der Waals surface area contributed by atoms with E-state index in [0.717, 1.165) is 31.1 Å². The van der Waals surface area contributed by atoms with Crippen LogP contribution in [0, 0.1) is 5.92 Å². The van der Waals surface area contributed by atoms with Crippen molar-refractivity contribution in [3.05, 3.63) is 5.01 Å². The Morgan fingerprint density at radius 2 is 2.05 bits per heavy atom. The van der Waals surface area contributed by atoms with E-state index in [9.17, 15) is 0 Å². The first-order valence-corrected chi connectivity index (χ1v) is 8.27. The molecule has 0 saturated heterocycles. The van der Waals surface area contributed by atoms with Gasteiger partial charge in [0.1, 0.15) is 5.01 Å². The van der Waals surface area contributed by atoms with Crippen LogP contribution in [-0.2, 0) is 6.54 Å². The van der Waals surface area contributed by atoms with Gasteiger partial charge in [0.25, 0.3) is 5.19 Å². The van der Waals surface area contributed by atoms with Crippen LogP contribution in [-0.4, -0.2) is 23.3 Å². The van der Waals surface area contributed by atoms with Crippen molar-refractivity contribution in [1.82, 2.24) is 15.5 Å². The van der Waals surface area contributed by atoms with Gasteiger partial charge in [-0.15, -0.1) is 10.2 Å². The van der Waals surface area contributed by atoms with E-state index in [2.05, 4.69) is 36.3 Å². The van der Waals surface area contributed by atoms with Crippen molar-refractivity contribution in [2.45, 2.75) is 59.4 Å². The molecule has 1 unspecified atom stereocenters. The van der Waals surface area contributed by atoms with Crippen LogP contribution in [0.25, 0.3) is 0 Å². The van der Waals surface area contributed by atoms with E-state index >= 15 is 0 Å². The Kier molecular flexibility index (Phi) is 8.75. The molecule has 1 aromatic heterocycles. The number of unbranched alkanes of at least 4 members (excludes halogenated alkanes) is 1. The van der Waals surface area contributed by atoms with Crippen LogP contribution in [0.3, 0.4) is 0 Å². The van der Waals surface area contributed by atoms with E-state index in [-0.39, 0.29) is 0 Å². The molecule has 0 saturated carbocycles. The first-order chi connectivity index (χ1) is 9.30. The maximum Gasteiger partial charge on any atom is 0.294 e. The normalized spacial score (nSPS) is 12.6. The van der Waals surface area contributed by atoms with Gasteiger partial charge in [-0.3, -0.25) is 0 Å². The van der Waals surface area contributed by atoms with E-state index in [0.29, 0.717) is 11.1 Å². The van der Waals surface area contributed by atoms with Gasteiger partial charge >= 0.3 is 0 Å².